The average molecular weight is 345 g/mol. The van der Waals surface area contributed by atoms with Gasteiger partial charge in [-0.05, 0) is 13.8 Å². The maximum atomic E-state index is 11.3. The van der Waals surface area contributed by atoms with E-state index in [9.17, 15) is 14.4 Å². The molecule has 0 rings (SSSR count). The molecule has 23 heavy (non-hydrogen) atoms. The highest BCUT2D eigenvalue weighted by molar-refractivity contribution is 7.99. The predicted octanol–water partition coefficient (Wildman–Crippen LogP) is 1.68. The van der Waals surface area contributed by atoms with E-state index in [1.54, 1.807) is 6.92 Å². The third-order valence-corrected chi connectivity index (χ3v) is 3.26. The van der Waals surface area contributed by atoms with Crippen molar-refractivity contribution in [3.63, 3.8) is 0 Å². The van der Waals surface area contributed by atoms with Crippen LogP contribution >= 0.6 is 11.8 Å². The molecular formula is C15H23NO6S. The zero-order valence-electron chi connectivity index (χ0n) is 13.5. The van der Waals surface area contributed by atoms with Gasteiger partial charge in [0.2, 0.25) is 0 Å². The van der Waals surface area contributed by atoms with E-state index in [0.717, 1.165) is 0 Å². The van der Waals surface area contributed by atoms with Crippen LogP contribution in [0, 0.1) is 0 Å². The minimum atomic E-state index is -0.596. The highest BCUT2D eigenvalue weighted by Crippen LogP contribution is 2.07. The second-order valence-corrected chi connectivity index (χ2v) is 5.46. The van der Waals surface area contributed by atoms with Crippen molar-refractivity contribution in [1.82, 2.24) is 5.32 Å². The first-order valence-electron chi connectivity index (χ1n) is 7.04. The number of carbonyl (C=O) groups is 3. The van der Waals surface area contributed by atoms with Gasteiger partial charge in [-0.15, -0.1) is 0 Å². The third kappa shape index (κ3) is 11.3. The molecule has 0 bridgehead atoms. The Bertz CT molecular complexity index is 449. The Morgan fingerprint density at radius 3 is 2.35 bits per heavy atom. The molecule has 0 aromatic carbocycles. The van der Waals surface area contributed by atoms with Crippen molar-refractivity contribution in [1.29, 1.82) is 0 Å². The Hall–Kier alpha value is -1.96. The summed E-state index contributed by atoms with van der Waals surface area (Å²) < 4.78 is 14.5. The topological polar surface area (TPSA) is 90.9 Å². The van der Waals surface area contributed by atoms with Crippen LogP contribution in [0.15, 0.2) is 24.3 Å². The van der Waals surface area contributed by atoms with E-state index in [0.29, 0.717) is 29.3 Å². The normalized spacial score (nSPS) is 9.65. The van der Waals surface area contributed by atoms with E-state index >= 15 is 0 Å². The van der Waals surface area contributed by atoms with Crippen LogP contribution in [0.25, 0.3) is 0 Å². The van der Waals surface area contributed by atoms with Crippen LogP contribution in [0.4, 0.5) is 4.79 Å². The monoisotopic (exact) mass is 345 g/mol. The summed E-state index contributed by atoms with van der Waals surface area (Å²) in [5.41, 5.74) is 0.676. The van der Waals surface area contributed by atoms with Gasteiger partial charge in [-0.1, -0.05) is 13.2 Å². The molecule has 0 saturated carbocycles. The van der Waals surface area contributed by atoms with Crippen molar-refractivity contribution in [3.8, 4) is 0 Å². The van der Waals surface area contributed by atoms with E-state index in [1.807, 2.05) is 0 Å². The summed E-state index contributed by atoms with van der Waals surface area (Å²) >= 11 is 1.41. The first kappa shape index (κ1) is 21.0. The van der Waals surface area contributed by atoms with E-state index in [1.165, 1.54) is 18.7 Å². The summed E-state index contributed by atoms with van der Waals surface area (Å²) in [5, 5.41) is 2.44. The average Bonchev–Trinajstić information content (AvgIpc) is 2.50. The van der Waals surface area contributed by atoms with E-state index in [2.05, 4.69) is 18.5 Å². The van der Waals surface area contributed by atoms with Gasteiger partial charge in [0.25, 0.3) is 0 Å². The molecule has 0 heterocycles. The minimum Gasteiger partial charge on any atom is -0.463 e. The predicted molar refractivity (Wildman–Crippen MR) is 88.2 cm³/mol. The lowest BCUT2D eigenvalue weighted by molar-refractivity contribution is -0.139. The Balaban J connectivity index is 3.57. The zero-order valence-corrected chi connectivity index (χ0v) is 14.3. The van der Waals surface area contributed by atoms with Crippen LogP contribution in [0.1, 0.15) is 13.8 Å². The number of hydrogen-bond donors (Lipinski definition) is 1. The molecule has 0 saturated heterocycles. The van der Waals surface area contributed by atoms with Gasteiger partial charge in [0.05, 0.1) is 13.2 Å². The van der Waals surface area contributed by atoms with Crippen LogP contribution in [0.5, 0.6) is 0 Å². The lowest BCUT2D eigenvalue weighted by Crippen LogP contribution is -2.29. The maximum absolute atomic E-state index is 11.3. The molecule has 0 aromatic rings. The number of hydrogen-bond acceptors (Lipinski definition) is 7. The van der Waals surface area contributed by atoms with Gasteiger partial charge in [0.15, 0.2) is 0 Å². The SMILES string of the molecule is C=C(C)C(=O)OCCNC(=O)OCCSCC(=C)C(=O)OCC. The number of nitrogens with one attached hydrogen (secondary N) is 1. The fraction of sp³-hybridized carbons (Fsp3) is 0.533. The van der Waals surface area contributed by atoms with Crippen molar-refractivity contribution in [2.75, 3.05) is 37.9 Å². The highest BCUT2D eigenvalue weighted by atomic mass is 32.2. The van der Waals surface area contributed by atoms with Gasteiger partial charge in [0, 0.05) is 22.7 Å². The lowest BCUT2D eigenvalue weighted by Gasteiger charge is -2.08. The van der Waals surface area contributed by atoms with Gasteiger partial charge in [-0.25, -0.2) is 14.4 Å². The maximum Gasteiger partial charge on any atom is 0.407 e. The third-order valence-electron chi connectivity index (χ3n) is 2.25. The highest BCUT2D eigenvalue weighted by Gasteiger charge is 2.08. The first-order valence-corrected chi connectivity index (χ1v) is 8.19. The van der Waals surface area contributed by atoms with E-state index < -0.39 is 18.0 Å². The van der Waals surface area contributed by atoms with Crippen LogP contribution in [-0.4, -0.2) is 55.9 Å². The molecular weight excluding hydrogens is 322 g/mol. The van der Waals surface area contributed by atoms with Gasteiger partial charge < -0.3 is 19.5 Å². The molecule has 0 aliphatic carbocycles. The molecule has 0 radical (unpaired) electrons. The summed E-state index contributed by atoms with van der Waals surface area (Å²) in [4.78, 5) is 33.7. The molecule has 0 aliphatic rings. The summed E-state index contributed by atoms with van der Waals surface area (Å²) in [6.45, 7) is 11.0. The van der Waals surface area contributed by atoms with Gasteiger partial charge in [-0.3, -0.25) is 0 Å². The number of thioether (sulfide) groups is 1. The molecule has 0 unspecified atom stereocenters. The van der Waals surface area contributed by atoms with Crippen molar-refractivity contribution in [3.05, 3.63) is 24.3 Å². The first-order chi connectivity index (χ1) is 10.9. The van der Waals surface area contributed by atoms with Crippen molar-refractivity contribution >= 4 is 29.8 Å². The van der Waals surface area contributed by atoms with Crippen LogP contribution in [0.2, 0.25) is 0 Å². The largest absolute Gasteiger partial charge is 0.463 e. The van der Waals surface area contributed by atoms with Crippen molar-refractivity contribution in [2.24, 2.45) is 0 Å². The molecule has 0 fully saturated rings. The summed E-state index contributed by atoms with van der Waals surface area (Å²) in [5.74, 6) is 0.0262. The van der Waals surface area contributed by atoms with Crippen molar-refractivity contribution < 1.29 is 28.6 Å². The fourth-order valence-corrected chi connectivity index (χ4v) is 1.86. The Morgan fingerprint density at radius 2 is 1.74 bits per heavy atom. The lowest BCUT2D eigenvalue weighted by atomic mass is 10.4. The molecule has 0 aliphatic heterocycles. The molecule has 0 atom stereocenters. The second-order valence-electron chi connectivity index (χ2n) is 4.36. The quantitative estimate of drug-likeness (QED) is 0.264. The van der Waals surface area contributed by atoms with Gasteiger partial charge in [-0.2, -0.15) is 11.8 Å². The second kappa shape index (κ2) is 12.6. The Labute approximate surface area is 140 Å². The number of carbonyl (C=O) groups excluding carboxylic acids is 3. The summed E-state index contributed by atoms with van der Waals surface area (Å²) in [6, 6.07) is 0. The molecule has 8 heteroatoms. The number of esters is 2. The van der Waals surface area contributed by atoms with Crippen LogP contribution in [-0.2, 0) is 23.8 Å². The molecule has 1 amide bonds. The van der Waals surface area contributed by atoms with Gasteiger partial charge >= 0.3 is 18.0 Å². The molecule has 7 nitrogen and oxygen atoms in total. The van der Waals surface area contributed by atoms with Crippen molar-refractivity contribution in [2.45, 2.75) is 13.8 Å². The van der Waals surface area contributed by atoms with E-state index in [-0.39, 0.29) is 19.8 Å². The number of ether oxygens (including phenoxy) is 3. The molecule has 1 N–H and O–H groups in total. The van der Waals surface area contributed by atoms with Gasteiger partial charge in [0.1, 0.15) is 13.2 Å². The van der Waals surface area contributed by atoms with Crippen LogP contribution < -0.4 is 5.32 Å². The Kier molecular flexibility index (Phi) is 11.5. The molecule has 0 spiro atoms. The summed E-state index contributed by atoms with van der Waals surface area (Å²) in [6.07, 6.45) is -0.596. The fourth-order valence-electron chi connectivity index (χ4n) is 1.15. The number of rotatable bonds is 11. The minimum absolute atomic E-state index is 0.0505. The Morgan fingerprint density at radius 1 is 1.04 bits per heavy atom. The molecule has 130 valence electrons. The smallest absolute Gasteiger partial charge is 0.407 e. The summed E-state index contributed by atoms with van der Waals surface area (Å²) in [7, 11) is 0. The molecule has 0 aromatic heterocycles. The standard InChI is InChI=1S/C15H23NO6S/c1-5-20-14(18)12(4)10-23-9-8-22-15(19)16-6-7-21-13(17)11(2)3/h2,4-10H2,1,3H3,(H,16,19). The number of alkyl carbamates (subject to hydrolysis) is 1. The van der Waals surface area contributed by atoms with Crippen LogP contribution in [0.3, 0.4) is 0 Å². The van der Waals surface area contributed by atoms with E-state index in [4.69, 9.17) is 14.2 Å². The number of amides is 1. The zero-order chi connectivity index (χ0) is 17.7.